The van der Waals surface area contributed by atoms with Crippen LogP contribution in [0.4, 0.5) is 0 Å². The Hall–Kier alpha value is -0.260. The van der Waals surface area contributed by atoms with Crippen molar-refractivity contribution in [1.82, 2.24) is 0 Å². The fraction of sp³-hybridized carbons (Fsp3) is 0.778. The van der Waals surface area contributed by atoms with Crippen molar-refractivity contribution >= 4 is 0 Å². The first kappa shape index (κ1) is 5.52. The van der Waals surface area contributed by atoms with Crippen molar-refractivity contribution in [2.75, 3.05) is 0 Å². The summed E-state index contributed by atoms with van der Waals surface area (Å²) in [6.45, 7) is 3.99. The first-order chi connectivity index (χ1) is 4.38. The quantitative estimate of drug-likeness (QED) is 0.469. The normalized spacial score (nSPS) is 35.6. The van der Waals surface area contributed by atoms with Crippen molar-refractivity contribution in [2.45, 2.75) is 32.1 Å². The summed E-state index contributed by atoms with van der Waals surface area (Å²) in [5, 5.41) is 0. The molecule has 0 aromatic heterocycles. The van der Waals surface area contributed by atoms with Gasteiger partial charge in [-0.05, 0) is 31.1 Å². The van der Waals surface area contributed by atoms with Gasteiger partial charge in [0.1, 0.15) is 0 Å². The van der Waals surface area contributed by atoms with Gasteiger partial charge in [0.15, 0.2) is 0 Å². The van der Waals surface area contributed by atoms with Gasteiger partial charge in [-0.2, -0.15) is 0 Å². The highest BCUT2D eigenvalue weighted by Crippen LogP contribution is 2.48. The number of rotatable bonds is 1. The van der Waals surface area contributed by atoms with Gasteiger partial charge >= 0.3 is 0 Å². The molecule has 2 fully saturated rings. The van der Waals surface area contributed by atoms with Gasteiger partial charge in [0.2, 0.25) is 0 Å². The van der Waals surface area contributed by atoms with E-state index in [9.17, 15) is 0 Å². The highest BCUT2D eigenvalue weighted by molar-refractivity contribution is 5.20. The number of hydrogen-bond acceptors (Lipinski definition) is 0. The van der Waals surface area contributed by atoms with E-state index >= 15 is 0 Å². The molecule has 2 rings (SSSR count). The summed E-state index contributed by atoms with van der Waals surface area (Å²) in [6, 6.07) is 0. The van der Waals surface area contributed by atoms with E-state index in [2.05, 4.69) is 6.58 Å². The van der Waals surface area contributed by atoms with Crippen LogP contribution in [0.25, 0.3) is 0 Å². The molecule has 2 saturated carbocycles. The Morgan fingerprint density at radius 1 is 1.22 bits per heavy atom. The Bertz CT molecular complexity index is 129. The maximum Gasteiger partial charge on any atom is -0.0140 e. The molecular formula is C9H14. The van der Waals surface area contributed by atoms with E-state index in [1.165, 1.54) is 37.7 Å². The van der Waals surface area contributed by atoms with Crippen molar-refractivity contribution in [3.8, 4) is 0 Å². The highest BCUT2D eigenvalue weighted by Gasteiger charge is 2.36. The van der Waals surface area contributed by atoms with E-state index in [4.69, 9.17) is 0 Å². The van der Waals surface area contributed by atoms with Crippen LogP contribution in [0.5, 0.6) is 0 Å². The fourth-order valence-corrected chi connectivity index (χ4v) is 2.08. The van der Waals surface area contributed by atoms with Crippen LogP contribution in [0.2, 0.25) is 0 Å². The van der Waals surface area contributed by atoms with Crippen LogP contribution in [0.1, 0.15) is 32.1 Å². The van der Waals surface area contributed by atoms with E-state index in [1.54, 1.807) is 0 Å². The zero-order valence-electron chi connectivity index (χ0n) is 5.90. The van der Waals surface area contributed by atoms with Crippen molar-refractivity contribution in [2.24, 2.45) is 11.8 Å². The molecule has 0 saturated heterocycles. The lowest BCUT2D eigenvalue weighted by Gasteiger charge is -2.02. The summed E-state index contributed by atoms with van der Waals surface area (Å²) in [4.78, 5) is 0. The molecule has 9 heavy (non-hydrogen) atoms. The molecule has 0 N–H and O–H groups in total. The van der Waals surface area contributed by atoms with Crippen LogP contribution < -0.4 is 0 Å². The molecule has 0 bridgehead atoms. The summed E-state index contributed by atoms with van der Waals surface area (Å²) in [5.74, 6) is 2.02. The van der Waals surface area contributed by atoms with Gasteiger partial charge in [-0.25, -0.2) is 0 Å². The van der Waals surface area contributed by atoms with Crippen LogP contribution in [0.3, 0.4) is 0 Å². The fourth-order valence-electron chi connectivity index (χ4n) is 2.08. The summed E-state index contributed by atoms with van der Waals surface area (Å²) in [5.41, 5.74) is 1.53. The molecule has 0 aromatic carbocycles. The largest absolute Gasteiger partial charge is 0.0995 e. The number of hydrogen-bond donors (Lipinski definition) is 0. The highest BCUT2D eigenvalue weighted by atomic mass is 14.4. The lowest BCUT2D eigenvalue weighted by Crippen LogP contribution is -1.93. The zero-order chi connectivity index (χ0) is 6.27. The Morgan fingerprint density at radius 2 is 1.78 bits per heavy atom. The molecule has 0 aromatic rings. The van der Waals surface area contributed by atoms with Crippen LogP contribution in [-0.4, -0.2) is 0 Å². The second-order valence-corrected chi connectivity index (χ2v) is 3.51. The van der Waals surface area contributed by atoms with Crippen molar-refractivity contribution in [1.29, 1.82) is 0 Å². The van der Waals surface area contributed by atoms with Gasteiger partial charge in [-0.3, -0.25) is 0 Å². The SMILES string of the molecule is C=C1C[C@@H]1C1CCCC1. The number of allylic oxidation sites excluding steroid dienone is 1. The first-order valence-electron chi connectivity index (χ1n) is 4.05. The molecular weight excluding hydrogens is 108 g/mol. The molecule has 0 nitrogen and oxygen atoms in total. The second kappa shape index (κ2) is 1.86. The van der Waals surface area contributed by atoms with Gasteiger partial charge in [-0.15, -0.1) is 0 Å². The van der Waals surface area contributed by atoms with Gasteiger partial charge in [0.25, 0.3) is 0 Å². The lowest BCUT2D eigenvalue weighted by molar-refractivity contribution is 0.494. The lowest BCUT2D eigenvalue weighted by atomic mass is 10.0. The third kappa shape index (κ3) is 0.910. The van der Waals surface area contributed by atoms with Crippen LogP contribution in [0.15, 0.2) is 12.2 Å². The average molecular weight is 122 g/mol. The molecule has 0 radical (unpaired) electrons. The smallest absolute Gasteiger partial charge is 0.0140 e. The minimum atomic E-state index is 0.965. The molecule has 0 spiro atoms. The van der Waals surface area contributed by atoms with Gasteiger partial charge in [-0.1, -0.05) is 25.0 Å². The average Bonchev–Trinajstić information content (AvgIpc) is 2.44. The Morgan fingerprint density at radius 3 is 2.22 bits per heavy atom. The third-order valence-corrected chi connectivity index (χ3v) is 2.82. The van der Waals surface area contributed by atoms with E-state index in [-0.39, 0.29) is 0 Å². The van der Waals surface area contributed by atoms with Crippen molar-refractivity contribution < 1.29 is 0 Å². The monoisotopic (exact) mass is 122 g/mol. The minimum absolute atomic E-state index is 0.965. The molecule has 50 valence electrons. The van der Waals surface area contributed by atoms with E-state index in [1.807, 2.05) is 0 Å². The summed E-state index contributed by atoms with van der Waals surface area (Å²) >= 11 is 0. The van der Waals surface area contributed by atoms with Crippen molar-refractivity contribution in [3.63, 3.8) is 0 Å². The van der Waals surface area contributed by atoms with E-state index in [0.29, 0.717) is 0 Å². The summed E-state index contributed by atoms with van der Waals surface area (Å²) in [6.07, 6.45) is 7.29. The van der Waals surface area contributed by atoms with Crippen LogP contribution in [-0.2, 0) is 0 Å². The Kier molecular flexibility index (Phi) is 1.14. The third-order valence-electron chi connectivity index (χ3n) is 2.82. The maximum absolute atomic E-state index is 3.99. The molecule has 1 atom stereocenters. The van der Waals surface area contributed by atoms with Crippen molar-refractivity contribution in [3.05, 3.63) is 12.2 Å². The van der Waals surface area contributed by atoms with E-state index in [0.717, 1.165) is 11.8 Å². The first-order valence-corrected chi connectivity index (χ1v) is 4.05. The molecule has 2 aliphatic carbocycles. The standard InChI is InChI=1S/C9H14/c1-7-6-9(7)8-4-2-3-5-8/h8-9H,1-6H2/t9-/m0/s1. The molecule has 0 heteroatoms. The van der Waals surface area contributed by atoms with Crippen LogP contribution in [0, 0.1) is 11.8 Å². The van der Waals surface area contributed by atoms with Gasteiger partial charge < -0.3 is 0 Å². The van der Waals surface area contributed by atoms with Crippen LogP contribution >= 0.6 is 0 Å². The van der Waals surface area contributed by atoms with Gasteiger partial charge in [0.05, 0.1) is 0 Å². The van der Waals surface area contributed by atoms with E-state index < -0.39 is 0 Å². The topological polar surface area (TPSA) is 0 Å². The predicted molar refractivity (Wildman–Crippen MR) is 39.2 cm³/mol. The Labute approximate surface area is 57.0 Å². The minimum Gasteiger partial charge on any atom is -0.0995 e. The Balaban J connectivity index is 1.91. The van der Waals surface area contributed by atoms with Gasteiger partial charge in [0, 0.05) is 0 Å². The maximum atomic E-state index is 3.99. The summed E-state index contributed by atoms with van der Waals surface area (Å²) in [7, 11) is 0. The molecule has 0 amide bonds. The molecule has 2 aliphatic rings. The predicted octanol–water partition coefficient (Wildman–Crippen LogP) is 2.75. The molecule has 0 unspecified atom stereocenters. The molecule has 0 aliphatic heterocycles. The second-order valence-electron chi connectivity index (χ2n) is 3.51. The molecule has 0 heterocycles. The summed E-state index contributed by atoms with van der Waals surface area (Å²) < 4.78 is 0. The zero-order valence-corrected chi connectivity index (χ0v) is 5.90.